The summed E-state index contributed by atoms with van der Waals surface area (Å²) < 4.78 is 5.50. The lowest BCUT2D eigenvalue weighted by molar-refractivity contribution is -0.143. The van der Waals surface area contributed by atoms with E-state index in [1.807, 2.05) is 0 Å². The zero-order chi connectivity index (χ0) is 64.2. The predicted molar refractivity (Wildman–Crippen MR) is 393 cm³/mol. The number of hydrogen-bond acceptors (Lipinski definition) is 5. The zero-order valence-electron chi connectivity index (χ0n) is 60.7. The molecule has 1 amide bonds. The summed E-state index contributed by atoms with van der Waals surface area (Å²) in [7, 11) is 0. The number of aliphatic hydroxyl groups is 2. The first-order valence-electron chi connectivity index (χ1n) is 41.1. The van der Waals surface area contributed by atoms with Crippen LogP contribution in [0.5, 0.6) is 0 Å². The second kappa shape index (κ2) is 78.8. The van der Waals surface area contributed by atoms with E-state index in [1.165, 1.54) is 392 Å². The Labute approximate surface area is 558 Å². The molecule has 0 aliphatic heterocycles. The van der Waals surface area contributed by atoms with Crippen molar-refractivity contribution in [3.8, 4) is 0 Å². The standard InChI is InChI=1S/C83H161NO5/c1-3-5-7-9-11-13-15-17-19-20-21-22-38-41-44-48-51-55-59-63-67-71-75-81(86)80(79-85)84-82(87)76-72-68-64-60-56-52-49-45-42-39-36-34-32-30-28-26-24-23-25-27-29-31-33-35-37-40-43-46-50-54-58-62-66-70-74-78-89-83(88)77-73-69-65-61-57-53-47-18-16-14-12-10-8-6-4-2/h18,25,27,47,80-81,85-86H,3-17,19-24,26,28-46,48-79H2,1-2H3,(H,84,87)/b27-25-,47-18-. The highest BCUT2D eigenvalue weighted by Crippen LogP contribution is 2.20. The molecule has 0 aliphatic carbocycles. The molecular formula is C83H161NO5. The molecule has 2 atom stereocenters. The van der Waals surface area contributed by atoms with Crippen molar-refractivity contribution < 1.29 is 24.5 Å². The van der Waals surface area contributed by atoms with Crippen LogP contribution in [0.2, 0.25) is 0 Å². The van der Waals surface area contributed by atoms with Crippen LogP contribution in [0.25, 0.3) is 0 Å². The molecule has 6 heteroatoms. The van der Waals surface area contributed by atoms with Crippen molar-refractivity contribution in [3.05, 3.63) is 24.3 Å². The molecule has 6 nitrogen and oxygen atoms in total. The number of esters is 1. The largest absolute Gasteiger partial charge is 0.466 e. The highest BCUT2D eigenvalue weighted by molar-refractivity contribution is 5.76. The fraction of sp³-hybridized carbons (Fsp3) is 0.928. The first kappa shape index (κ1) is 87.3. The topological polar surface area (TPSA) is 95.9 Å². The molecule has 0 heterocycles. The van der Waals surface area contributed by atoms with E-state index in [0.29, 0.717) is 25.9 Å². The van der Waals surface area contributed by atoms with Crippen molar-refractivity contribution in [3.63, 3.8) is 0 Å². The molecule has 0 bridgehead atoms. The van der Waals surface area contributed by atoms with Crippen molar-refractivity contribution >= 4 is 11.9 Å². The van der Waals surface area contributed by atoms with Crippen LogP contribution in [0.15, 0.2) is 24.3 Å². The number of nitrogens with one attached hydrogen (secondary N) is 1. The predicted octanol–water partition coefficient (Wildman–Crippen LogP) is 27.2. The van der Waals surface area contributed by atoms with Crippen molar-refractivity contribution in [1.82, 2.24) is 5.32 Å². The van der Waals surface area contributed by atoms with E-state index in [-0.39, 0.29) is 18.5 Å². The molecule has 3 N–H and O–H groups in total. The van der Waals surface area contributed by atoms with Crippen LogP contribution in [0.4, 0.5) is 0 Å². The highest BCUT2D eigenvalue weighted by Gasteiger charge is 2.20. The van der Waals surface area contributed by atoms with Crippen LogP contribution in [-0.4, -0.2) is 47.4 Å². The molecule has 0 fully saturated rings. The summed E-state index contributed by atoms with van der Waals surface area (Å²) in [4.78, 5) is 24.7. The number of carbonyl (C=O) groups excluding carboxylic acids is 2. The third-order valence-corrected chi connectivity index (χ3v) is 19.5. The quantitative estimate of drug-likeness (QED) is 0.0320. The number of hydrogen-bond donors (Lipinski definition) is 3. The number of allylic oxidation sites excluding steroid dienone is 4. The lowest BCUT2D eigenvalue weighted by Crippen LogP contribution is -2.45. The van der Waals surface area contributed by atoms with Gasteiger partial charge in [0.2, 0.25) is 5.91 Å². The minimum absolute atomic E-state index is 0.0133. The van der Waals surface area contributed by atoms with Gasteiger partial charge in [-0.25, -0.2) is 0 Å². The van der Waals surface area contributed by atoms with Gasteiger partial charge in [0, 0.05) is 12.8 Å². The van der Waals surface area contributed by atoms with Gasteiger partial charge in [-0.05, 0) is 77.0 Å². The number of rotatable bonds is 78. The summed E-state index contributed by atoms with van der Waals surface area (Å²) in [5.41, 5.74) is 0. The van der Waals surface area contributed by atoms with E-state index in [4.69, 9.17) is 4.74 Å². The molecule has 0 aromatic rings. The Kier molecular flexibility index (Phi) is 77.3. The van der Waals surface area contributed by atoms with Gasteiger partial charge >= 0.3 is 5.97 Å². The maximum atomic E-state index is 12.6. The monoisotopic (exact) mass is 1250 g/mol. The normalized spacial score (nSPS) is 12.5. The number of ether oxygens (including phenoxy) is 1. The van der Waals surface area contributed by atoms with E-state index in [0.717, 1.165) is 44.9 Å². The minimum atomic E-state index is -0.663. The van der Waals surface area contributed by atoms with Crippen LogP contribution in [0, 0.1) is 0 Å². The number of unbranched alkanes of at least 4 members (excludes halogenated alkanes) is 63. The van der Waals surface area contributed by atoms with E-state index in [1.54, 1.807) is 0 Å². The lowest BCUT2D eigenvalue weighted by atomic mass is 10.0. The average molecular weight is 1250 g/mol. The Balaban J connectivity index is 3.34. The van der Waals surface area contributed by atoms with Gasteiger partial charge in [-0.3, -0.25) is 9.59 Å². The van der Waals surface area contributed by atoms with Crippen LogP contribution >= 0.6 is 0 Å². The number of carbonyl (C=O) groups is 2. The average Bonchev–Trinajstić information content (AvgIpc) is 3.56. The SMILES string of the molecule is CCCCCCCC/C=C\CCCCCCCC(=O)OCCCCCCCCCCCCCCCC/C=C\CCCCCCCCCCCCCCCCCCCC(=O)NC(CO)C(O)CCCCCCCCCCCCCCCCCCCCCCCC. The zero-order valence-corrected chi connectivity index (χ0v) is 60.7. The smallest absolute Gasteiger partial charge is 0.305 e. The molecule has 0 saturated heterocycles. The van der Waals surface area contributed by atoms with Gasteiger partial charge in [-0.2, -0.15) is 0 Å². The summed E-state index contributed by atoms with van der Waals surface area (Å²) in [6.07, 6.45) is 101. The van der Waals surface area contributed by atoms with Gasteiger partial charge in [0.05, 0.1) is 25.4 Å². The molecule has 0 rings (SSSR count). The fourth-order valence-corrected chi connectivity index (χ4v) is 13.2. The van der Waals surface area contributed by atoms with E-state index < -0.39 is 12.1 Å². The van der Waals surface area contributed by atoms with Crippen molar-refractivity contribution in [2.75, 3.05) is 13.2 Å². The number of amides is 1. The molecule has 528 valence electrons. The molecule has 0 aliphatic rings. The van der Waals surface area contributed by atoms with Gasteiger partial charge in [0.15, 0.2) is 0 Å². The second-order valence-corrected chi connectivity index (χ2v) is 28.5. The summed E-state index contributed by atoms with van der Waals surface area (Å²) in [6, 6.07) is -0.540. The third kappa shape index (κ3) is 75.3. The van der Waals surface area contributed by atoms with Crippen molar-refractivity contribution in [1.29, 1.82) is 0 Å². The highest BCUT2D eigenvalue weighted by atomic mass is 16.5. The Morgan fingerprint density at radius 2 is 0.528 bits per heavy atom. The molecule has 0 radical (unpaired) electrons. The molecular weight excluding hydrogens is 1090 g/mol. The summed E-state index contributed by atoms with van der Waals surface area (Å²) in [6.45, 7) is 5.00. The summed E-state index contributed by atoms with van der Waals surface area (Å²) >= 11 is 0. The maximum absolute atomic E-state index is 12.6. The van der Waals surface area contributed by atoms with Gasteiger partial charge in [-0.15, -0.1) is 0 Å². The van der Waals surface area contributed by atoms with Crippen LogP contribution in [-0.2, 0) is 14.3 Å². The molecule has 0 aromatic heterocycles. The summed E-state index contributed by atoms with van der Waals surface area (Å²) in [5, 5.41) is 23.5. The van der Waals surface area contributed by atoms with Gasteiger partial charge in [0.25, 0.3) is 0 Å². The third-order valence-electron chi connectivity index (χ3n) is 19.5. The minimum Gasteiger partial charge on any atom is -0.466 e. The lowest BCUT2D eigenvalue weighted by Gasteiger charge is -2.22. The van der Waals surface area contributed by atoms with Gasteiger partial charge < -0.3 is 20.3 Å². The maximum Gasteiger partial charge on any atom is 0.305 e. The summed E-state index contributed by atoms with van der Waals surface area (Å²) in [5.74, 6) is -0.0124. The molecule has 89 heavy (non-hydrogen) atoms. The van der Waals surface area contributed by atoms with Gasteiger partial charge in [0.1, 0.15) is 0 Å². The molecule has 2 unspecified atom stereocenters. The second-order valence-electron chi connectivity index (χ2n) is 28.5. The van der Waals surface area contributed by atoms with E-state index in [2.05, 4.69) is 43.5 Å². The van der Waals surface area contributed by atoms with Crippen LogP contribution in [0.3, 0.4) is 0 Å². The van der Waals surface area contributed by atoms with E-state index >= 15 is 0 Å². The van der Waals surface area contributed by atoms with Crippen LogP contribution < -0.4 is 5.32 Å². The first-order chi connectivity index (χ1) is 44.0. The Morgan fingerprint density at radius 1 is 0.303 bits per heavy atom. The Hall–Kier alpha value is -1.66. The van der Waals surface area contributed by atoms with Crippen LogP contribution in [0.1, 0.15) is 470 Å². The molecule has 0 spiro atoms. The molecule has 0 saturated carbocycles. The van der Waals surface area contributed by atoms with Gasteiger partial charge in [-0.1, -0.05) is 404 Å². The molecule has 0 aromatic carbocycles. The first-order valence-corrected chi connectivity index (χ1v) is 41.1. The Morgan fingerprint density at radius 3 is 0.798 bits per heavy atom. The number of aliphatic hydroxyl groups excluding tert-OH is 2. The van der Waals surface area contributed by atoms with E-state index in [9.17, 15) is 19.8 Å². The van der Waals surface area contributed by atoms with Crippen molar-refractivity contribution in [2.24, 2.45) is 0 Å². The fourth-order valence-electron chi connectivity index (χ4n) is 13.2. The van der Waals surface area contributed by atoms with Crippen molar-refractivity contribution in [2.45, 2.75) is 482 Å². The Bertz CT molecular complexity index is 1400.